The van der Waals surface area contributed by atoms with Crippen molar-refractivity contribution in [3.05, 3.63) is 0 Å². The average molecular weight is 268 g/mol. The van der Waals surface area contributed by atoms with Crippen LogP contribution in [0.3, 0.4) is 0 Å². The molecule has 0 unspecified atom stereocenters. The van der Waals surface area contributed by atoms with Crippen LogP contribution >= 0.6 is 0 Å². The van der Waals surface area contributed by atoms with Gasteiger partial charge in [-0.05, 0) is 32.7 Å². The quantitative estimate of drug-likeness (QED) is 0.795. The average Bonchev–Trinajstić information content (AvgIpc) is 2.10. The highest BCUT2D eigenvalue weighted by molar-refractivity contribution is 4.81. The van der Waals surface area contributed by atoms with E-state index in [1.807, 2.05) is 13.8 Å². The van der Waals surface area contributed by atoms with E-state index < -0.39 is 12.7 Å². The van der Waals surface area contributed by atoms with Crippen LogP contribution in [-0.2, 0) is 0 Å². The van der Waals surface area contributed by atoms with Crippen LogP contribution in [0.2, 0.25) is 0 Å². The van der Waals surface area contributed by atoms with Gasteiger partial charge in [-0.15, -0.1) is 0 Å². The number of halogens is 3. The van der Waals surface area contributed by atoms with Crippen molar-refractivity contribution in [2.24, 2.45) is 5.41 Å². The van der Waals surface area contributed by atoms with Crippen LogP contribution in [0.15, 0.2) is 0 Å². The minimum absolute atomic E-state index is 0.0155. The maximum absolute atomic E-state index is 12.4. The standard InChI is InChI=1S/C13H27F3N2/c1-7-18(10-13(14,15)16)9-12(5,6)8-17-11(2,3)4/h17H,7-10H2,1-6H3. The summed E-state index contributed by atoms with van der Waals surface area (Å²) in [6, 6.07) is 0. The Kier molecular flexibility index (Phi) is 6.14. The number of hydrogen-bond donors (Lipinski definition) is 1. The predicted molar refractivity (Wildman–Crippen MR) is 69.7 cm³/mol. The zero-order valence-electron chi connectivity index (χ0n) is 12.4. The fourth-order valence-electron chi connectivity index (χ4n) is 1.70. The lowest BCUT2D eigenvalue weighted by Gasteiger charge is -2.35. The molecule has 0 bridgehead atoms. The molecule has 0 saturated heterocycles. The van der Waals surface area contributed by atoms with Gasteiger partial charge in [-0.1, -0.05) is 20.8 Å². The van der Waals surface area contributed by atoms with Crippen LogP contribution in [0.4, 0.5) is 13.2 Å². The topological polar surface area (TPSA) is 15.3 Å². The SMILES string of the molecule is CCN(CC(F)(F)F)CC(C)(C)CNC(C)(C)C. The molecule has 0 aromatic heterocycles. The highest BCUT2D eigenvalue weighted by Crippen LogP contribution is 2.21. The van der Waals surface area contributed by atoms with E-state index in [0.29, 0.717) is 19.6 Å². The Bertz CT molecular complexity index is 242. The maximum Gasteiger partial charge on any atom is 0.401 e. The van der Waals surface area contributed by atoms with Crippen molar-refractivity contribution in [1.29, 1.82) is 0 Å². The molecule has 0 aliphatic heterocycles. The second kappa shape index (κ2) is 6.24. The van der Waals surface area contributed by atoms with Crippen molar-refractivity contribution in [3.8, 4) is 0 Å². The first-order chi connectivity index (χ1) is 7.85. The van der Waals surface area contributed by atoms with Crippen LogP contribution < -0.4 is 5.32 Å². The van der Waals surface area contributed by atoms with Crippen molar-refractivity contribution < 1.29 is 13.2 Å². The van der Waals surface area contributed by atoms with Gasteiger partial charge in [0.1, 0.15) is 0 Å². The Morgan fingerprint density at radius 3 is 1.78 bits per heavy atom. The van der Waals surface area contributed by atoms with Crippen LogP contribution in [0.25, 0.3) is 0 Å². The summed E-state index contributed by atoms with van der Waals surface area (Å²) < 4.78 is 37.2. The van der Waals surface area contributed by atoms with E-state index in [4.69, 9.17) is 0 Å². The molecule has 0 rings (SSSR count). The van der Waals surface area contributed by atoms with E-state index in [2.05, 4.69) is 26.1 Å². The first kappa shape index (κ1) is 17.7. The Morgan fingerprint density at radius 2 is 1.44 bits per heavy atom. The van der Waals surface area contributed by atoms with Crippen molar-refractivity contribution in [2.75, 3.05) is 26.2 Å². The molecule has 0 saturated carbocycles. The summed E-state index contributed by atoms with van der Waals surface area (Å²) in [5.41, 5.74) is -0.202. The molecule has 18 heavy (non-hydrogen) atoms. The molecule has 5 heteroatoms. The van der Waals surface area contributed by atoms with Gasteiger partial charge in [0.2, 0.25) is 0 Å². The molecule has 0 radical (unpaired) electrons. The molecule has 0 aliphatic rings. The van der Waals surface area contributed by atoms with E-state index in [1.54, 1.807) is 6.92 Å². The predicted octanol–water partition coefficient (Wildman–Crippen LogP) is 3.28. The van der Waals surface area contributed by atoms with Gasteiger partial charge in [0.25, 0.3) is 0 Å². The van der Waals surface area contributed by atoms with Gasteiger partial charge in [-0.3, -0.25) is 4.90 Å². The van der Waals surface area contributed by atoms with Crippen LogP contribution in [-0.4, -0.2) is 42.8 Å². The summed E-state index contributed by atoms with van der Waals surface area (Å²) in [7, 11) is 0. The van der Waals surface area contributed by atoms with E-state index in [9.17, 15) is 13.2 Å². The summed E-state index contributed by atoms with van der Waals surface area (Å²) in [5, 5.41) is 3.35. The number of nitrogens with one attached hydrogen (secondary N) is 1. The molecule has 0 fully saturated rings. The Morgan fingerprint density at radius 1 is 0.944 bits per heavy atom. The smallest absolute Gasteiger partial charge is 0.311 e. The molecular weight excluding hydrogens is 241 g/mol. The summed E-state index contributed by atoms with van der Waals surface area (Å²) in [4.78, 5) is 1.45. The summed E-state index contributed by atoms with van der Waals surface area (Å²) in [6.45, 7) is 12.6. The molecule has 0 aromatic rings. The summed E-state index contributed by atoms with van der Waals surface area (Å²) in [6.07, 6.45) is -4.12. The van der Waals surface area contributed by atoms with Gasteiger partial charge >= 0.3 is 6.18 Å². The highest BCUT2D eigenvalue weighted by Gasteiger charge is 2.32. The Labute approximate surface area is 109 Å². The van der Waals surface area contributed by atoms with Gasteiger partial charge in [0.15, 0.2) is 0 Å². The van der Waals surface area contributed by atoms with Gasteiger partial charge < -0.3 is 5.32 Å². The van der Waals surface area contributed by atoms with Gasteiger partial charge in [0.05, 0.1) is 6.54 Å². The van der Waals surface area contributed by atoms with E-state index >= 15 is 0 Å². The van der Waals surface area contributed by atoms with Crippen molar-refractivity contribution >= 4 is 0 Å². The Balaban J connectivity index is 4.35. The van der Waals surface area contributed by atoms with Crippen molar-refractivity contribution in [2.45, 2.75) is 53.3 Å². The lowest BCUT2D eigenvalue weighted by molar-refractivity contribution is -0.148. The van der Waals surface area contributed by atoms with Crippen LogP contribution in [0, 0.1) is 5.41 Å². The molecule has 1 N–H and O–H groups in total. The highest BCUT2D eigenvalue weighted by atomic mass is 19.4. The lowest BCUT2D eigenvalue weighted by Crippen LogP contribution is -2.47. The van der Waals surface area contributed by atoms with Gasteiger partial charge in [0, 0.05) is 18.6 Å². The number of hydrogen-bond acceptors (Lipinski definition) is 2. The number of rotatable bonds is 6. The molecule has 0 aromatic carbocycles. The zero-order chi connectivity index (χ0) is 14.6. The van der Waals surface area contributed by atoms with Crippen molar-refractivity contribution in [1.82, 2.24) is 10.2 Å². The van der Waals surface area contributed by atoms with E-state index in [-0.39, 0.29) is 11.0 Å². The maximum atomic E-state index is 12.4. The lowest BCUT2D eigenvalue weighted by atomic mass is 9.91. The number of alkyl halides is 3. The fourth-order valence-corrected chi connectivity index (χ4v) is 1.70. The minimum atomic E-state index is -4.12. The van der Waals surface area contributed by atoms with E-state index in [1.165, 1.54) is 4.90 Å². The van der Waals surface area contributed by atoms with E-state index in [0.717, 1.165) is 0 Å². The minimum Gasteiger partial charge on any atom is -0.311 e. The second-order valence-corrected chi connectivity index (χ2v) is 6.69. The molecule has 0 amide bonds. The first-order valence-corrected chi connectivity index (χ1v) is 6.39. The monoisotopic (exact) mass is 268 g/mol. The molecule has 0 aliphatic carbocycles. The molecular formula is C13H27F3N2. The van der Waals surface area contributed by atoms with Crippen LogP contribution in [0.5, 0.6) is 0 Å². The molecule has 0 spiro atoms. The third kappa shape index (κ3) is 9.71. The third-order valence-corrected chi connectivity index (χ3v) is 2.60. The molecule has 2 nitrogen and oxygen atoms in total. The molecule has 0 heterocycles. The summed E-state index contributed by atoms with van der Waals surface area (Å²) >= 11 is 0. The number of nitrogens with zero attached hydrogens (tertiary/aromatic N) is 1. The normalized spacial score (nSPS) is 14.3. The molecule has 110 valence electrons. The molecule has 0 atom stereocenters. The van der Waals surface area contributed by atoms with Crippen LogP contribution in [0.1, 0.15) is 41.5 Å². The Hall–Kier alpha value is -0.290. The first-order valence-electron chi connectivity index (χ1n) is 6.39. The van der Waals surface area contributed by atoms with Gasteiger partial charge in [-0.2, -0.15) is 13.2 Å². The fraction of sp³-hybridized carbons (Fsp3) is 1.00. The second-order valence-electron chi connectivity index (χ2n) is 6.69. The largest absolute Gasteiger partial charge is 0.401 e. The summed E-state index contributed by atoms with van der Waals surface area (Å²) in [5.74, 6) is 0. The van der Waals surface area contributed by atoms with Crippen molar-refractivity contribution in [3.63, 3.8) is 0 Å². The van der Waals surface area contributed by atoms with Gasteiger partial charge in [-0.25, -0.2) is 0 Å². The third-order valence-electron chi connectivity index (χ3n) is 2.60. The zero-order valence-corrected chi connectivity index (χ0v) is 12.4.